The molecule has 2 aromatic carbocycles. The van der Waals surface area contributed by atoms with Crippen LogP contribution >= 0.6 is 0 Å². The molecule has 1 atom stereocenters. The van der Waals surface area contributed by atoms with E-state index in [-0.39, 0.29) is 23.8 Å². The van der Waals surface area contributed by atoms with Crippen molar-refractivity contribution in [3.8, 4) is 11.5 Å². The van der Waals surface area contributed by atoms with E-state index in [4.69, 9.17) is 9.47 Å². The van der Waals surface area contributed by atoms with Crippen LogP contribution in [-0.2, 0) is 15.0 Å². The summed E-state index contributed by atoms with van der Waals surface area (Å²) in [6.45, 7) is 8.00. The number of anilines is 2. The van der Waals surface area contributed by atoms with Gasteiger partial charge in [-0.15, -0.1) is 0 Å². The van der Waals surface area contributed by atoms with Crippen LogP contribution in [0.4, 0.5) is 11.4 Å². The largest absolute Gasteiger partial charge is 0.484 e. The third kappa shape index (κ3) is 4.58. The zero-order valence-electron chi connectivity index (χ0n) is 16.0. The summed E-state index contributed by atoms with van der Waals surface area (Å²) in [4.78, 5) is 23.8. The van der Waals surface area contributed by atoms with E-state index in [1.165, 1.54) is 5.56 Å². The molecule has 0 spiro atoms. The summed E-state index contributed by atoms with van der Waals surface area (Å²) in [5.74, 6) is 0.716. The summed E-state index contributed by atoms with van der Waals surface area (Å²) in [5, 5.41) is 5.51. The summed E-state index contributed by atoms with van der Waals surface area (Å²) >= 11 is 0. The van der Waals surface area contributed by atoms with E-state index in [0.29, 0.717) is 22.9 Å². The molecule has 0 bridgehead atoms. The van der Waals surface area contributed by atoms with Crippen molar-refractivity contribution in [2.45, 2.75) is 39.2 Å². The molecule has 0 radical (unpaired) electrons. The zero-order chi connectivity index (χ0) is 19.6. The van der Waals surface area contributed by atoms with Crippen LogP contribution in [-0.4, -0.2) is 24.5 Å². The van der Waals surface area contributed by atoms with Gasteiger partial charge in [-0.3, -0.25) is 9.59 Å². The lowest BCUT2D eigenvalue weighted by Gasteiger charge is -2.23. The van der Waals surface area contributed by atoms with E-state index < -0.39 is 6.10 Å². The Kier molecular flexibility index (Phi) is 5.08. The molecule has 0 fully saturated rings. The first-order valence-electron chi connectivity index (χ1n) is 8.87. The quantitative estimate of drug-likeness (QED) is 0.862. The van der Waals surface area contributed by atoms with Gasteiger partial charge in [0.05, 0.1) is 5.69 Å². The smallest absolute Gasteiger partial charge is 0.265 e. The lowest BCUT2D eigenvalue weighted by atomic mass is 9.87. The first-order valence-corrected chi connectivity index (χ1v) is 8.87. The van der Waals surface area contributed by atoms with Crippen molar-refractivity contribution in [2.75, 3.05) is 17.2 Å². The molecule has 6 heteroatoms. The number of ether oxygens (including phenoxy) is 2. The van der Waals surface area contributed by atoms with E-state index >= 15 is 0 Å². The Morgan fingerprint density at radius 2 is 1.89 bits per heavy atom. The van der Waals surface area contributed by atoms with E-state index in [1.54, 1.807) is 25.1 Å². The molecule has 27 heavy (non-hydrogen) atoms. The number of nitrogens with one attached hydrogen (secondary N) is 2. The van der Waals surface area contributed by atoms with Crippen molar-refractivity contribution in [3.63, 3.8) is 0 Å². The molecule has 2 amide bonds. The van der Waals surface area contributed by atoms with Gasteiger partial charge >= 0.3 is 0 Å². The maximum absolute atomic E-state index is 12.1. The Morgan fingerprint density at radius 1 is 1.19 bits per heavy atom. The predicted octanol–water partition coefficient (Wildman–Crippen LogP) is 3.72. The maximum Gasteiger partial charge on any atom is 0.265 e. The monoisotopic (exact) mass is 368 g/mol. The van der Waals surface area contributed by atoms with Gasteiger partial charge in [-0.25, -0.2) is 0 Å². The normalized spacial score (nSPS) is 16.0. The lowest BCUT2D eigenvalue weighted by Crippen LogP contribution is -2.34. The number of hydrogen-bond donors (Lipinski definition) is 2. The molecule has 142 valence electrons. The standard InChI is InChI=1S/C21H24N2O4/c1-13-20(25)23-17-11-15(7-10-18(17)27-13)22-19(24)12-26-16-8-5-14(6-9-16)21(2,3)4/h5-11,13H,12H2,1-4H3,(H,22,24)(H,23,25)/t13-/m1/s1. The fourth-order valence-electron chi connectivity index (χ4n) is 2.68. The van der Waals surface area contributed by atoms with Gasteiger partial charge in [-0.05, 0) is 48.2 Å². The molecule has 3 rings (SSSR count). The summed E-state index contributed by atoms with van der Waals surface area (Å²) in [5.41, 5.74) is 2.37. The van der Waals surface area contributed by atoms with Crippen LogP contribution in [0.1, 0.15) is 33.3 Å². The summed E-state index contributed by atoms with van der Waals surface area (Å²) in [6, 6.07) is 12.8. The van der Waals surface area contributed by atoms with Gasteiger partial charge < -0.3 is 20.1 Å². The van der Waals surface area contributed by atoms with Crippen molar-refractivity contribution in [3.05, 3.63) is 48.0 Å². The van der Waals surface area contributed by atoms with Gasteiger partial charge in [0.15, 0.2) is 12.7 Å². The minimum absolute atomic E-state index is 0.0687. The molecule has 6 nitrogen and oxygen atoms in total. The van der Waals surface area contributed by atoms with Crippen molar-refractivity contribution < 1.29 is 19.1 Å². The average Bonchev–Trinajstić information content (AvgIpc) is 2.61. The molecule has 0 aromatic heterocycles. The van der Waals surface area contributed by atoms with Gasteiger partial charge in [0, 0.05) is 5.69 Å². The van der Waals surface area contributed by atoms with E-state index in [1.807, 2.05) is 24.3 Å². The first-order chi connectivity index (χ1) is 12.7. The summed E-state index contributed by atoms with van der Waals surface area (Å²) < 4.78 is 11.0. The summed E-state index contributed by atoms with van der Waals surface area (Å²) in [7, 11) is 0. The molecule has 1 heterocycles. The SMILES string of the molecule is C[C@H]1Oc2ccc(NC(=O)COc3ccc(C(C)(C)C)cc3)cc2NC1=O. The van der Waals surface area contributed by atoms with Crippen molar-refractivity contribution >= 4 is 23.2 Å². The minimum Gasteiger partial charge on any atom is -0.484 e. The maximum atomic E-state index is 12.1. The van der Waals surface area contributed by atoms with E-state index in [9.17, 15) is 9.59 Å². The number of amides is 2. The van der Waals surface area contributed by atoms with Crippen molar-refractivity contribution in [2.24, 2.45) is 0 Å². The molecule has 0 saturated carbocycles. The molecular formula is C21H24N2O4. The van der Waals surface area contributed by atoms with E-state index in [0.717, 1.165) is 0 Å². The van der Waals surface area contributed by atoms with Crippen LogP contribution < -0.4 is 20.1 Å². The Bertz CT molecular complexity index is 853. The Labute approximate surface area is 158 Å². The molecule has 2 aromatic rings. The van der Waals surface area contributed by atoms with Gasteiger partial charge in [-0.1, -0.05) is 32.9 Å². The Balaban J connectivity index is 1.57. The fraction of sp³-hybridized carbons (Fsp3) is 0.333. The second kappa shape index (κ2) is 7.31. The molecule has 0 unspecified atom stereocenters. The first kappa shape index (κ1) is 18.8. The second-order valence-corrected chi connectivity index (χ2v) is 7.57. The van der Waals surface area contributed by atoms with Crippen LogP contribution in [0.3, 0.4) is 0 Å². The van der Waals surface area contributed by atoms with Gasteiger partial charge in [-0.2, -0.15) is 0 Å². The molecule has 0 saturated heterocycles. The van der Waals surface area contributed by atoms with Gasteiger partial charge in [0.25, 0.3) is 11.8 Å². The molecule has 1 aliphatic heterocycles. The fourth-order valence-corrected chi connectivity index (χ4v) is 2.68. The zero-order valence-corrected chi connectivity index (χ0v) is 16.0. The average molecular weight is 368 g/mol. The molecule has 0 aliphatic carbocycles. The highest BCUT2D eigenvalue weighted by molar-refractivity contribution is 5.99. The Morgan fingerprint density at radius 3 is 2.56 bits per heavy atom. The van der Waals surface area contributed by atoms with E-state index in [2.05, 4.69) is 31.4 Å². The highest BCUT2D eigenvalue weighted by Crippen LogP contribution is 2.32. The number of carbonyl (C=O) groups excluding carboxylic acids is 2. The number of rotatable bonds is 4. The van der Waals surface area contributed by atoms with Crippen LogP contribution in [0.15, 0.2) is 42.5 Å². The van der Waals surface area contributed by atoms with Crippen molar-refractivity contribution in [1.82, 2.24) is 0 Å². The van der Waals surface area contributed by atoms with Gasteiger partial charge in [0.2, 0.25) is 0 Å². The third-order valence-electron chi connectivity index (χ3n) is 4.28. The number of hydrogen-bond acceptors (Lipinski definition) is 4. The Hall–Kier alpha value is -3.02. The van der Waals surface area contributed by atoms with Crippen molar-refractivity contribution in [1.29, 1.82) is 0 Å². The molecule has 1 aliphatic rings. The molecular weight excluding hydrogens is 344 g/mol. The highest BCUT2D eigenvalue weighted by atomic mass is 16.5. The van der Waals surface area contributed by atoms with Crippen LogP contribution in [0.25, 0.3) is 0 Å². The number of carbonyl (C=O) groups is 2. The highest BCUT2D eigenvalue weighted by Gasteiger charge is 2.23. The lowest BCUT2D eigenvalue weighted by molar-refractivity contribution is -0.122. The third-order valence-corrected chi connectivity index (χ3v) is 4.28. The topological polar surface area (TPSA) is 76.7 Å². The van der Waals surface area contributed by atoms with Gasteiger partial charge in [0.1, 0.15) is 11.5 Å². The van der Waals surface area contributed by atoms with Crippen LogP contribution in [0.5, 0.6) is 11.5 Å². The number of benzene rings is 2. The predicted molar refractivity (Wildman–Crippen MR) is 104 cm³/mol. The number of fused-ring (bicyclic) bond motifs is 1. The van der Waals surface area contributed by atoms with Crippen LogP contribution in [0, 0.1) is 0 Å². The minimum atomic E-state index is -0.531. The summed E-state index contributed by atoms with van der Waals surface area (Å²) in [6.07, 6.45) is -0.531. The second-order valence-electron chi connectivity index (χ2n) is 7.57. The molecule has 2 N–H and O–H groups in total. The van der Waals surface area contributed by atoms with Crippen LogP contribution in [0.2, 0.25) is 0 Å².